The summed E-state index contributed by atoms with van der Waals surface area (Å²) in [5, 5.41) is 2.33. The molecule has 3 N–H and O–H groups in total. The van der Waals surface area contributed by atoms with Crippen molar-refractivity contribution in [3.8, 4) is 0 Å². The fourth-order valence-electron chi connectivity index (χ4n) is 4.75. The minimum absolute atomic E-state index is 0. The Morgan fingerprint density at radius 1 is 0.560 bits per heavy atom. The molecule has 280 valence electrons. The van der Waals surface area contributed by atoms with Gasteiger partial charge in [0.25, 0.3) is 0 Å². The van der Waals surface area contributed by atoms with Gasteiger partial charge in [-0.05, 0) is 0 Å². The van der Waals surface area contributed by atoms with Crippen LogP contribution in [0.5, 0.6) is 0 Å². The van der Waals surface area contributed by atoms with Gasteiger partial charge in [0.1, 0.15) is 24.4 Å². The fourth-order valence-corrected chi connectivity index (χ4v) is 5.36. The van der Waals surface area contributed by atoms with Crippen LogP contribution in [0.2, 0.25) is 0 Å². The molecule has 0 radical (unpaired) electrons. The Balaban J connectivity index is 0.0000125. The van der Waals surface area contributed by atoms with Gasteiger partial charge in [-0.3, -0.25) is 37.9 Å². The van der Waals surface area contributed by atoms with E-state index in [1.807, 2.05) is 0 Å². The quantitative estimate of drug-likeness (QED) is 0.0640. The Bertz CT molecular complexity index is 1470. The van der Waals surface area contributed by atoms with Crippen molar-refractivity contribution >= 4 is 56.6 Å². The van der Waals surface area contributed by atoms with E-state index in [1.165, 1.54) is 0 Å². The van der Waals surface area contributed by atoms with Crippen LogP contribution in [-0.4, -0.2) is 136 Å². The van der Waals surface area contributed by atoms with Crippen LogP contribution in [-0.2, 0) is 95.8 Å². The maximum atomic E-state index is 12.3. The van der Waals surface area contributed by atoms with Crippen molar-refractivity contribution in [2.24, 2.45) is 0 Å². The number of carbonyl (C=O) groups excluding carboxylic acids is 6. The zero-order valence-electron chi connectivity index (χ0n) is 27.6. The fraction of sp³-hybridized carbons (Fsp3) is 0.750. The average molecular weight is 777 g/mol. The zero-order valence-corrected chi connectivity index (χ0v) is 31.2. The summed E-state index contributed by atoms with van der Waals surface area (Å²) in [6.45, 7) is 3.21. The molecule has 2 fully saturated rings. The van der Waals surface area contributed by atoms with Crippen molar-refractivity contribution < 1.29 is 131 Å². The third kappa shape index (κ3) is 15.0. The molecule has 0 aromatic rings. The first-order chi connectivity index (χ1) is 22.5. The number of rotatable bonds is 14. The summed E-state index contributed by atoms with van der Waals surface area (Å²) < 4.78 is 117. The molecule has 2 saturated heterocycles. The molecule has 2 heterocycles. The Morgan fingerprint density at radius 2 is 0.940 bits per heavy atom. The number of ether oxygens (including phenoxy) is 8. The summed E-state index contributed by atoms with van der Waals surface area (Å²) in [7, 11) is -10.4. The van der Waals surface area contributed by atoms with Crippen LogP contribution in [0.4, 0.5) is 0 Å². The van der Waals surface area contributed by atoms with E-state index in [1.54, 1.807) is 0 Å². The van der Waals surface area contributed by atoms with Gasteiger partial charge in [-0.15, -0.1) is 0 Å². The minimum Gasteiger partial charge on any atom is -0.457 e. The molecule has 0 aromatic carbocycles. The van der Waals surface area contributed by atoms with Crippen molar-refractivity contribution in [2.75, 3.05) is 13.2 Å². The number of esters is 5. The minimum atomic E-state index is -5.22. The van der Waals surface area contributed by atoms with Crippen molar-refractivity contribution in [2.45, 2.75) is 103 Å². The number of hydrogen-bond acceptors (Lipinski definition) is 20. The van der Waals surface area contributed by atoms with E-state index in [9.17, 15) is 54.7 Å². The number of amides is 1. The monoisotopic (exact) mass is 776 g/mol. The molecule has 0 unspecified atom stereocenters. The Morgan fingerprint density at radius 3 is 1.36 bits per heavy atom. The smallest absolute Gasteiger partial charge is 0.457 e. The van der Waals surface area contributed by atoms with Gasteiger partial charge in [0.15, 0.2) is 30.7 Å². The molecule has 2 aliphatic rings. The van der Waals surface area contributed by atoms with Crippen molar-refractivity contribution in [3.05, 3.63) is 0 Å². The standard InChI is InChI=1S/C24H35NO22S2.Na/c1-9(26)25-17-20(41-11(3)28)18(15(7-38-48(32,33)34)45-23(17)44-14(6)31)47-24-22(43-13(5)30)21(42-12(4)29)19(40-10(2)27)16(46-24)8-39-49(35,36)37;/h15-24H,7-8H2,1-6H3,(H,25,26)(H,32,33,34)(H,35,36,37);/q;+1/t15-,16-,17-,18-,19+,20-,21+,22-,23-,24+;/m1./s1. The molecule has 2 aliphatic heterocycles. The van der Waals surface area contributed by atoms with Crippen LogP contribution in [0, 0.1) is 0 Å². The summed E-state index contributed by atoms with van der Waals surface area (Å²) in [4.78, 5) is 72.8. The summed E-state index contributed by atoms with van der Waals surface area (Å²) in [6.07, 6.45) is -17.1. The topological polar surface area (TPSA) is 315 Å². The predicted molar refractivity (Wildman–Crippen MR) is 149 cm³/mol. The first-order valence-corrected chi connectivity index (χ1v) is 16.5. The molecule has 1 amide bonds. The molecule has 26 heteroatoms. The number of carbonyl (C=O) groups is 6. The van der Waals surface area contributed by atoms with E-state index in [-0.39, 0.29) is 29.6 Å². The average Bonchev–Trinajstić information content (AvgIpc) is 2.90. The van der Waals surface area contributed by atoms with Gasteiger partial charge in [0.05, 0.1) is 13.2 Å². The second-order valence-corrected chi connectivity index (χ2v) is 12.4. The van der Waals surface area contributed by atoms with Gasteiger partial charge < -0.3 is 43.2 Å². The Kier molecular flexibility index (Phi) is 17.6. The molecule has 0 saturated carbocycles. The summed E-state index contributed by atoms with van der Waals surface area (Å²) in [5.41, 5.74) is 0. The van der Waals surface area contributed by atoms with E-state index in [0.29, 0.717) is 0 Å². The molecule has 50 heavy (non-hydrogen) atoms. The van der Waals surface area contributed by atoms with Crippen LogP contribution >= 0.6 is 0 Å². The summed E-state index contributed by atoms with van der Waals surface area (Å²) in [6, 6.07) is -1.63. The summed E-state index contributed by atoms with van der Waals surface area (Å²) in [5.74, 6) is -6.05. The molecule has 23 nitrogen and oxygen atoms in total. The van der Waals surface area contributed by atoms with Crippen LogP contribution < -0.4 is 34.9 Å². The maximum absolute atomic E-state index is 12.3. The SMILES string of the molecule is CC(=O)N[C@H]1[C@H](OC(C)=O)O[C@H](COS(=O)(=O)O)[C@@H](O[C@@H]2O[C@H](COS(=O)(=O)O)[C@H](OC(C)=O)[C@H](OC(C)=O)[C@H]2OC(C)=O)[C@@H]1OC(C)=O.[Na+]. The molecule has 0 spiro atoms. The molecule has 0 aromatic heterocycles. The van der Waals surface area contributed by atoms with Crippen LogP contribution in [0.25, 0.3) is 0 Å². The van der Waals surface area contributed by atoms with Crippen molar-refractivity contribution in [1.82, 2.24) is 5.32 Å². The van der Waals surface area contributed by atoms with Gasteiger partial charge in [-0.1, -0.05) is 0 Å². The number of nitrogens with one attached hydrogen (secondary N) is 1. The first kappa shape index (κ1) is 45.5. The third-order valence-electron chi connectivity index (χ3n) is 6.15. The molecule has 0 aliphatic carbocycles. The van der Waals surface area contributed by atoms with E-state index in [0.717, 1.165) is 41.5 Å². The predicted octanol–water partition coefficient (Wildman–Crippen LogP) is -5.74. The van der Waals surface area contributed by atoms with Crippen LogP contribution in [0.1, 0.15) is 41.5 Å². The van der Waals surface area contributed by atoms with Gasteiger partial charge >= 0.3 is 80.2 Å². The number of hydrogen-bond donors (Lipinski definition) is 3. The second kappa shape index (κ2) is 19.3. The molecule has 2 rings (SSSR count). The Hall–Kier alpha value is -2.56. The molecule has 10 atom stereocenters. The first-order valence-electron chi connectivity index (χ1n) is 13.8. The van der Waals surface area contributed by atoms with E-state index in [2.05, 4.69) is 13.7 Å². The maximum Gasteiger partial charge on any atom is 1.00 e. The third-order valence-corrected chi connectivity index (χ3v) is 7.02. The molecule has 0 bridgehead atoms. The van der Waals surface area contributed by atoms with Crippen molar-refractivity contribution in [3.63, 3.8) is 0 Å². The van der Waals surface area contributed by atoms with E-state index < -0.39 is 131 Å². The van der Waals surface area contributed by atoms with Gasteiger partial charge in [0.2, 0.25) is 12.2 Å². The van der Waals surface area contributed by atoms with Crippen LogP contribution in [0.15, 0.2) is 0 Å². The molecular formula is C24H35NNaO22S2+. The zero-order chi connectivity index (χ0) is 37.4. The second-order valence-electron chi connectivity index (χ2n) is 10.2. The summed E-state index contributed by atoms with van der Waals surface area (Å²) >= 11 is 0. The van der Waals surface area contributed by atoms with E-state index >= 15 is 0 Å². The van der Waals surface area contributed by atoms with Gasteiger partial charge in [0, 0.05) is 41.5 Å². The van der Waals surface area contributed by atoms with Crippen LogP contribution in [0.3, 0.4) is 0 Å². The van der Waals surface area contributed by atoms with Gasteiger partial charge in [-0.2, -0.15) is 16.8 Å². The Labute approximate surface area is 307 Å². The normalized spacial score (nSPS) is 29.7. The molecular weight excluding hydrogens is 741 g/mol. The largest absolute Gasteiger partial charge is 1.00 e. The van der Waals surface area contributed by atoms with Crippen molar-refractivity contribution in [1.29, 1.82) is 0 Å². The van der Waals surface area contributed by atoms with E-state index in [4.69, 9.17) is 37.9 Å². The van der Waals surface area contributed by atoms with Gasteiger partial charge in [-0.25, -0.2) is 8.37 Å².